The maximum atomic E-state index is 9.90. The number of nitrogens with zero attached hydrogens (tertiary/aromatic N) is 4. The van der Waals surface area contributed by atoms with Gasteiger partial charge in [-0.3, -0.25) is 0 Å². The van der Waals surface area contributed by atoms with Crippen molar-refractivity contribution in [2.75, 3.05) is 17.7 Å². The molecule has 6 N–H and O–H groups in total. The van der Waals surface area contributed by atoms with Crippen LogP contribution >= 0.6 is 0 Å². The summed E-state index contributed by atoms with van der Waals surface area (Å²) in [5.41, 5.74) is 6.43. The van der Waals surface area contributed by atoms with Crippen LogP contribution in [0.1, 0.15) is 0 Å². The van der Waals surface area contributed by atoms with Gasteiger partial charge in [-0.1, -0.05) is 0 Å². The number of nitrogens with two attached hydrogens (primary N) is 1. The van der Waals surface area contributed by atoms with Crippen LogP contribution in [0.4, 0.5) is 11.6 Å². The number of nitrogen functional groups attached to an aromatic ring is 1. The van der Waals surface area contributed by atoms with Gasteiger partial charge in [0.1, 0.15) is 42.0 Å². The van der Waals surface area contributed by atoms with E-state index >= 15 is 0 Å². The average Bonchev–Trinajstić information content (AvgIpc) is 2.76. The number of aromatic nitrogens is 4. The zero-order valence-corrected chi connectivity index (χ0v) is 10.8. The van der Waals surface area contributed by atoms with Crippen molar-refractivity contribution < 1.29 is 20.1 Å². The number of nitrogens with one attached hydrogen (secondary N) is 1. The Morgan fingerprint density at radius 1 is 1.10 bits per heavy atom. The monoisotopic (exact) mass is 294 g/mol. The fourth-order valence-electron chi connectivity index (χ4n) is 2.16. The smallest absolute Gasteiger partial charge is 0.158 e. The van der Waals surface area contributed by atoms with Crippen molar-refractivity contribution in [1.29, 1.82) is 0 Å². The van der Waals surface area contributed by atoms with Crippen LogP contribution in [0.3, 0.4) is 0 Å². The van der Waals surface area contributed by atoms with Gasteiger partial charge in [-0.15, -0.1) is 0 Å². The van der Waals surface area contributed by atoms with E-state index in [9.17, 15) is 10.2 Å². The van der Waals surface area contributed by atoms with E-state index in [0.717, 1.165) is 0 Å². The Morgan fingerprint density at radius 2 is 1.81 bits per heavy atom. The lowest BCUT2D eigenvalue weighted by Gasteiger charge is -2.17. The fourth-order valence-corrected chi connectivity index (χ4v) is 2.16. The van der Waals surface area contributed by atoms with Crippen molar-refractivity contribution >= 4 is 22.7 Å². The quantitative estimate of drug-likeness (QED) is 0.422. The van der Waals surface area contributed by atoms with Crippen molar-refractivity contribution in [2.24, 2.45) is 0 Å². The lowest BCUT2D eigenvalue weighted by Crippen LogP contribution is -2.36. The molecule has 3 rings (SSSR count). The predicted octanol–water partition coefficient (Wildman–Crippen LogP) is -2.15. The first kappa shape index (κ1) is 13.8. The molecule has 2 aromatic heterocycles. The fraction of sp³-hybridized carbons (Fsp3) is 0.455. The van der Waals surface area contributed by atoms with E-state index < -0.39 is 31.1 Å². The second-order valence-corrected chi connectivity index (χ2v) is 4.58. The Labute approximate surface area is 118 Å². The average molecular weight is 294 g/mol. The molecule has 1 fully saturated rings. The first-order valence-corrected chi connectivity index (χ1v) is 6.22. The van der Waals surface area contributed by atoms with Gasteiger partial charge in [-0.05, 0) is 0 Å². The zero-order valence-electron chi connectivity index (χ0n) is 10.8. The van der Waals surface area contributed by atoms with Crippen LogP contribution in [0.25, 0.3) is 11.0 Å². The summed E-state index contributed by atoms with van der Waals surface area (Å²) in [5.74, 6) is 0.482. The molecule has 0 spiro atoms. The van der Waals surface area contributed by atoms with Gasteiger partial charge >= 0.3 is 0 Å². The van der Waals surface area contributed by atoms with Crippen LogP contribution in [0, 0.1) is 0 Å². The summed E-state index contributed by atoms with van der Waals surface area (Å²) in [5, 5.41) is 31.5. The topological polar surface area (TPSA) is 160 Å². The maximum absolute atomic E-state index is 9.90. The largest absolute Gasteiger partial charge is 0.394 e. The normalized spacial score (nSPS) is 28.9. The first-order valence-electron chi connectivity index (χ1n) is 6.22. The molecule has 0 saturated carbocycles. The van der Waals surface area contributed by atoms with E-state index in [1.54, 1.807) is 0 Å². The molecule has 0 unspecified atom stereocenters. The Bertz CT molecular complexity index is 656. The first-order chi connectivity index (χ1) is 10.1. The molecule has 0 radical (unpaired) electrons. The minimum Gasteiger partial charge on any atom is -0.394 e. The molecule has 1 aliphatic rings. The van der Waals surface area contributed by atoms with Gasteiger partial charge in [-0.2, -0.15) is 0 Å². The molecule has 0 bridgehead atoms. The van der Waals surface area contributed by atoms with E-state index in [2.05, 4.69) is 25.3 Å². The number of fused-ring (bicyclic) bond motifs is 1. The summed E-state index contributed by atoms with van der Waals surface area (Å²) in [6.45, 7) is -0.407. The zero-order chi connectivity index (χ0) is 15.0. The highest BCUT2D eigenvalue weighted by atomic mass is 16.6. The van der Waals surface area contributed by atoms with Crippen LogP contribution < -0.4 is 11.1 Å². The number of aliphatic hydroxyl groups is 3. The van der Waals surface area contributed by atoms with Gasteiger partial charge in [-0.25, -0.2) is 19.9 Å². The summed E-state index contributed by atoms with van der Waals surface area (Å²) in [4.78, 5) is 15.9. The van der Waals surface area contributed by atoms with Crippen LogP contribution in [0.5, 0.6) is 0 Å². The molecule has 1 saturated heterocycles. The van der Waals surface area contributed by atoms with Gasteiger partial charge < -0.3 is 31.1 Å². The summed E-state index contributed by atoms with van der Waals surface area (Å²) in [7, 11) is 0. The maximum Gasteiger partial charge on any atom is 0.158 e. The summed E-state index contributed by atoms with van der Waals surface area (Å²) in [6.07, 6.45) is -1.68. The third-order valence-electron chi connectivity index (χ3n) is 3.27. The minimum absolute atomic E-state index is 0.201. The van der Waals surface area contributed by atoms with E-state index in [1.165, 1.54) is 12.7 Å². The lowest BCUT2D eigenvalue weighted by atomic mass is 10.1. The molecule has 2 aromatic rings. The lowest BCUT2D eigenvalue weighted by molar-refractivity contribution is -0.0153. The minimum atomic E-state index is -1.22. The molecule has 112 valence electrons. The number of ether oxygens (including phenoxy) is 1. The Kier molecular flexibility index (Phi) is 3.51. The van der Waals surface area contributed by atoms with E-state index in [4.69, 9.17) is 15.6 Å². The molecular weight excluding hydrogens is 280 g/mol. The van der Waals surface area contributed by atoms with Crippen LogP contribution in [0.15, 0.2) is 12.7 Å². The number of hydrogen-bond donors (Lipinski definition) is 5. The molecule has 1 aliphatic heterocycles. The Balaban J connectivity index is 1.91. The second kappa shape index (κ2) is 5.33. The SMILES string of the molecule is Nc1ncnc2c(N[C@H]3O[C@H](CO)[C@@H](O)[C@H]3O)ncnc12. The van der Waals surface area contributed by atoms with E-state index in [-0.39, 0.29) is 11.6 Å². The third-order valence-corrected chi connectivity index (χ3v) is 3.27. The third kappa shape index (κ3) is 2.34. The predicted molar refractivity (Wildman–Crippen MR) is 70.9 cm³/mol. The highest BCUT2D eigenvalue weighted by Gasteiger charge is 2.42. The highest BCUT2D eigenvalue weighted by molar-refractivity contribution is 5.91. The van der Waals surface area contributed by atoms with Crippen LogP contribution in [-0.2, 0) is 4.74 Å². The molecule has 0 aliphatic carbocycles. The van der Waals surface area contributed by atoms with Crippen molar-refractivity contribution in [3.05, 3.63) is 12.7 Å². The molecule has 21 heavy (non-hydrogen) atoms. The molecule has 4 atom stereocenters. The van der Waals surface area contributed by atoms with E-state index in [0.29, 0.717) is 11.0 Å². The van der Waals surface area contributed by atoms with E-state index in [1.807, 2.05) is 0 Å². The van der Waals surface area contributed by atoms with Gasteiger partial charge in [0.05, 0.1) is 6.61 Å². The Hall–Kier alpha value is -2.14. The van der Waals surface area contributed by atoms with Crippen LogP contribution in [-0.4, -0.2) is 66.4 Å². The molecule has 10 nitrogen and oxygen atoms in total. The Morgan fingerprint density at radius 3 is 2.52 bits per heavy atom. The standard InChI is InChI=1S/C11H14N6O4/c12-9-5-6(14-2-15-9)10(16-3-13-5)17-11-8(20)7(19)4(1-18)21-11/h2-4,7-8,11,18-20H,1H2,(H2,12,14,15)(H,13,16,17)/t4-,7-,8-,11+/m1/s1. The summed E-state index contributed by atoms with van der Waals surface area (Å²) < 4.78 is 5.32. The van der Waals surface area contributed by atoms with Gasteiger partial charge in [0.2, 0.25) is 0 Å². The molecule has 0 amide bonds. The number of rotatable bonds is 3. The summed E-state index contributed by atoms with van der Waals surface area (Å²) >= 11 is 0. The number of anilines is 2. The molecule has 10 heteroatoms. The second-order valence-electron chi connectivity index (χ2n) is 4.58. The van der Waals surface area contributed by atoms with Crippen molar-refractivity contribution in [2.45, 2.75) is 24.5 Å². The van der Waals surface area contributed by atoms with Crippen molar-refractivity contribution in [3.8, 4) is 0 Å². The number of aliphatic hydroxyl groups excluding tert-OH is 3. The highest BCUT2D eigenvalue weighted by Crippen LogP contribution is 2.25. The molecular formula is C11H14N6O4. The van der Waals surface area contributed by atoms with Crippen molar-refractivity contribution in [3.63, 3.8) is 0 Å². The van der Waals surface area contributed by atoms with Gasteiger partial charge in [0, 0.05) is 0 Å². The van der Waals surface area contributed by atoms with Crippen molar-refractivity contribution in [1.82, 2.24) is 19.9 Å². The molecule has 0 aromatic carbocycles. The van der Waals surface area contributed by atoms with Gasteiger partial charge in [0.15, 0.2) is 17.9 Å². The molecule has 3 heterocycles. The summed E-state index contributed by atoms with van der Waals surface area (Å²) in [6, 6.07) is 0. The van der Waals surface area contributed by atoms with Gasteiger partial charge in [0.25, 0.3) is 0 Å². The van der Waals surface area contributed by atoms with Crippen LogP contribution in [0.2, 0.25) is 0 Å². The number of hydrogen-bond acceptors (Lipinski definition) is 10.